The van der Waals surface area contributed by atoms with Crippen LogP contribution in [0.15, 0.2) is 39.5 Å². The van der Waals surface area contributed by atoms with E-state index in [0.29, 0.717) is 5.56 Å². The van der Waals surface area contributed by atoms with E-state index in [1.54, 1.807) is 24.3 Å². The lowest BCUT2D eigenvalue weighted by atomic mass is 10.0. The first-order valence-electron chi connectivity index (χ1n) is 7.31. The van der Waals surface area contributed by atoms with Crippen molar-refractivity contribution in [3.8, 4) is 40.1 Å². The molecule has 0 radical (unpaired) electrons. The van der Waals surface area contributed by atoms with Crippen molar-refractivity contribution >= 4 is 11.0 Å². The van der Waals surface area contributed by atoms with Gasteiger partial charge in [0, 0.05) is 0 Å². The van der Waals surface area contributed by atoms with Crippen LogP contribution in [0, 0.1) is 0 Å². The molecule has 0 atom stereocenters. The molecule has 0 unspecified atom stereocenters. The molecule has 0 aliphatic rings. The van der Waals surface area contributed by atoms with Gasteiger partial charge in [-0.1, -0.05) is 30.3 Å². The Hall–Kier alpha value is -3.35. The van der Waals surface area contributed by atoms with Crippen LogP contribution in [0.5, 0.6) is 28.9 Å². The quantitative estimate of drug-likeness (QED) is 0.702. The highest BCUT2D eigenvalue weighted by molar-refractivity contribution is 5.97. The Bertz CT molecular complexity index is 990. The molecule has 0 bridgehead atoms. The van der Waals surface area contributed by atoms with E-state index in [4.69, 9.17) is 18.6 Å². The van der Waals surface area contributed by atoms with Gasteiger partial charge in [-0.2, -0.15) is 0 Å². The minimum atomic E-state index is -0.636. The summed E-state index contributed by atoms with van der Waals surface area (Å²) in [6.45, 7) is 0. The van der Waals surface area contributed by atoms with Crippen molar-refractivity contribution in [3.63, 3.8) is 0 Å². The average Bonchev–Trinajstić information content (AvgIpc) is 2.64. The first-order chi connectivity index (χ1) is 12.0. The average molecular weight is 344 g/mol. The van der Waals surface area contributed by atoms with Crippen LogP contribution < -0.4 is 19.6 Å². The Labute approximate surface area is 142 Å². The van der Waals surface area contributed by atoms with Crippen molar-refractivity contribution in [1.82, 2.24) is 0 Å². The summed E-state index contributed by atoms with van der Waals surface area (Å²) in [5.41, 5.74) is -0.00365. The number of ether oxygens (including phenoxy) is 3. The molecule has 0 spiro atoms. The fourth-order valence-electron chi connectivity index (χ4n) is 2.71. The highest BCUT2D eigenvalue weighted by atomic mass is 16.6. The molecule has 0 saturated heterocycles. The van der Waals surface area contributed by atoms with Crippen LogP contribution in [0.2, 0.25) is 0 Å². The fraction of sp³-hybridized carbons (Fsp3) is 0.167. The van der Waals surface area contributed by atoms with E-state index in [-0.39, 0.29) is 34.0 Å². The molecule has 7 heteroatoms. The van der Waals surface area contributed by atoms with Gasteiger partial charge in [0.05, 0.1) is 21.3 Å². The first kappa shape index (κ1) is 16.5. The van der Waals surface area contributed by atoms with Crippen LogP contribution in [0.25, 0.3) is 22.1 Å². The molecular weight excluding hydrogens is 328 g/mol. The van der Waals surface area contributed by atoms with Crippen molar-refractivity contribution in [2.45, 2.75) is 0 Å². The van der Waals surface area contributed by atoms with Gasteiger partial charge in [-0.15, -0.1) is 0 Å². The molecule has 2 aromatic carbocycles. The largest absolute Gasteiger partial charge is 0.502 e. The molecule has 0 saturated carbocycles. The molecular formula is C18H16O7. The third-order valence-electron chi connectivity index (χ3n) is 3.82. The van der Waals surface area contributed by atoms with Crippen LogP contribution >= 0.6 is 0 Å². The Balaban J connectivity index is 2.55. The standard InChI is InChI=1S/C18H16O7/c1-22-16-11-12(19)10(9-7-5-4-6-8-9)18(24-3)25-15(11)13(20)14(21)17(16)23-2/h4-8,20-21H,1-3H3. The summed E-state index contributed by atoms with van der Waals surface area (Å²) in [4.78, 5) is 13.2. The van der Waals surface area contributed by atoms with E-state index in [1.165, 1.54) is 21.3 Å². The van der Waals surface area contributed by atoms with Gasteiger partial charge in [0.2, 0.25) is 22.7 Å². The fourth-order valence-corrected chi connectivity index (χ4v) is 2.71. The number of aromatic hydroxyl groups is 2. The van der Waals surface area contributed by atoms with Gasteiger partial charge in [-0.05, 0) is 5.56 Å². The number of hydrogen-bond donors (Lipinski definition) is 2. The lowest BCUT2D eigenvalue weighted by molar-refractivity contribution is 0.300. The minimum absolute atomic E-state index is 0.0404. The van der Waals surface area contributed by atoms with Crippen molar-refractivity contribution in [1.29, 1.82) is 0 Å². The van der Waals surface area contributed by atoms with E-state index in [9.17, 15) is 15.0 Å². The molecule has 2 N–H and O–H groups in total. The molecule has 0 aliphatic carbocycles. The molecule has 0 aliphatic heterocycles. The molecule has 3 aromatic rings. The number of benzene rings is 2. The zero-order chi connectivity index (χ0) is 18.1. The van der Waals surface area contributed by atoms with E-state index < -0.39 is 16.9 Å². The number of hydrogen-bond acceptors (Lipinski definition) is 7. The number of methoxy groups -OCH3 is 3. The summed E-state index contributed by atoms with van der Waals surface area (Å²) in [7, 11) is 3.94. The number of phenols is 2. The number of phenolic OH excluding ortho intramolecular Hbond substituents is 2. The summed E-state index contributed by atoms with van der Waals surface area (Å²) in [6, 6.07) is 8.80. The van der Waals surface area contributed by atoms with E-state index in [0.717, 1.165) is 0 Å². The van der Waals surface area contributed by atoms with Gasteiger partial charge in [0.15, 0.2) is 11.3 Å². The highest BCUT2D eigenvalue weighted by Gasteiger charge is 2.28. The highest BCUT2D eigenvalue weighted by Crippen LogP contribution is 2.50. The predicted molar refractivity (Wildman–Crippen MR) is 90.9 cm³/mol. The molecule has 3 rings (SSSR count). The number of fused-ring (bicyclic) bond motifs is 1. The zero-order valence-corrected chi connectivity index (χ0v) is 13.8. The Morgan fingerprint density at radius 2 is 1.52 bits per heavy atom. The lowest BCUT2D eigenvalue weighted by Gasteiger charge is -2.15. The normalized spacial score (nSPS) is 10.7. The van der Waals surface area contributed by atoms with Crippen LogP contribution in [-0.4, -0.2) is 31.5 Å². The van der Waals surface area contributed by atoms with E-state index in [2.05, 4.69) is 0 Å². The molecule has 130 valence electrons. The van der Waals surface area contributed by atoms with Crippen LogP contribution in [0.3, 0.4) is 0 Å². The Kier molecular flexibility index (Phi) is 4.14. The topological polar surface area (TPSA) is 98.4 Å². The van der Waals surface area contributed by atoms with Gasteiger partial charge >= 0.3 is 0 Å². The number of rotatable bonds is 4. The van der Waals surface area contributed by atoms with Crippen molar-refractivity contribution in [2.24, 2.45) is 0 Å². The molecule has 1 aromatic heterocycles. The van der Waals surface area contributed by atoms with Gasteiger partial charge < -0.3 is 28.8 Å². The Morgan fingerprint density at radius 3 is 2.08 bits per heavy atom. The minimum Gasteiger partial charge on any atom is -0.502 e. The molecule has 0 fully saturated rings. The lowest BCUT2D eigenvalue weighted by Crippen LogP contribution is -2.09. The first-order valence-corrected chi connectivity index (χ1v) is 7.31. The maximum absolute atomic E-state index is 13.2. The maximum atomic E-state index is 13.2. The monoisotopic (exact) mass is 344 g/mol. The third kappa shape index (κ3) is 2.40. The summed E-state index contributed by atoms with van der Waals surface area (Å²) >= 11 is 0. The van der Waals surface area contributed by atoms with Gasteiger partial charge in [-0.25, -0.2) is 0 Å². The van der Waals surface area contributed by atoms with Gasteiger partial charge in [0.25, 0.3) is 5.95 Å². The van der Waals surface area contributed by atoms with Crippen LogP contribution in [-0.2, 0) is 0 Å². The van der Waals surface area contributed by atoms with E-state index in [1.807, 2.05) is 6.07 Å². The summed E-state index contributed by atoms with van der Waals surface area (Å²) in [5, 5.41) is 20.3. The smallest absolute Gasteiger partial charge is 0.296 e. The van der Waals surface area contributed by atoms with Gasteiger partial charge in [-0.3, -0.25) is 4.79 Å². The second-order valence-corrected chi connectivity index (χ2v) is 5.13. The van der Waals surface area contributed by atoms with Crippen LogP contribution in [0.1, 0.15) is 0 Å². The second kappa shape index (κ2) is 6.27. The zero-order valence-electron chi connectivity index (χ0n) is 13.8. The van der Waals surface area contributed by atoms with Crippen molar-refractivity contribution in [3.05, 3.63) is 40.6 Å². The third-order valence-corrected chi connectivity index (χ3v) is 3.82. The predicted octanol–water partition coefficient (Wildman–Crippen LogP) is 2.90. The van der Waals surface area contributed by atoms with Gasteiger partial charge in [0.1, 0.15) is 10.9 Å². The molecule has 1 heterocycles. The van der Waals surface area contributed by atoms with Crippen molar-refractivity contribution < 1.29 is 28.8 Å². The maximum Gasteiger partial charge on any atom is 0.296 e. The Morgan fingerprint density at radius 1 is 0.880 bits per heavy atom. The SMILES string of the molecule is COc1oc2c(O)c(O)c(OC)c(OC)c2c(=O)c1-c1ccccc1. The summed E-state index contributed by atoms with van der Waals surface area (Å²) < 4.78 is 21.0. The van der Waals surface area contributed by atoms with E-state index >= 15 is 0 Å². The summed E-state index contributed by atoms with van der Waals surface area (Å²) in [5.74, 6) is -1.52. The molecule has 25 heavy (non-hydrogen) atoms. The molecule has 0 amide bonds. The summed E-state index contributed by atoms with van der Waals surface area (Å²) in [6.07, 6.45) is 0. The second-order valence-electron chi connectivity index (χ2n) is 5.13. The molecule has 7 nitrogen and oxygen atoms in total. The van der Waals surface area contributed by atoms with Crippen molar-refractivity contribution in [2.75, 3.05) is 21.3 Å². The van der Waals surface area contributed by atoms with Crippen LogP contribution in [0.4, 0.5) is 0 Å².